The number of alkyl carbamates (subject to hydrolysis) is 2. The lowest BCUT2D eigenvalue weighted by Crippen LogP contribution is -2.58. The summed E-state index contributed by atoms with van der Waals surface area (Å²) in [5.41, 5.74) is 12.2. The molecule has 4 aliphatic rings. The first kappa shape index (κ1) is 48.0. The Bertz CT molecular complexity index is 2830. The van der Waals surface area contributed by atoms with Crippen molar-refractivity contribution >= 4 is 51.2 Å². The molecule has 2 aliphatic heterocycles. The Balaban J connectivity index is 0.973. The Hall–Kier alpha value is -6.01. The zero-order chi connectivity index (χ0) is 49.0. The van der Waals surface area contributed by atoms with E-state index in [1.165, 1.54) is 60.9 Å². The summed E-state index contributed by atoms with van der Waals surface area (Å²) in [5.74, 6) is 1.75. The van der Waals surface area contributed by atoms with Gasteiger partial charge in [-0.15, -0.1) is 0 Å². The van der Waals surface area contributed by atoms with Gasteiger partial charge in [-0.05, 0) is 164 Å². The van der Waals surface area contributed by atoms with Crippen LogP contribution in [0.15, 0.2) is 77.9 Å². The molecule has 12 nitrogen and oxygen atoms in total. The zero-order valence-electron chi connectivity index (χ0n) is 42.4. The number of ether oxygens (including phenoxy) is 2. The second-order valence-electron chi connectivity index (χ2n) is 21.2. The number of nitrogens with zero attached hydrogens (tertiary/aromatic N) is 4. The highest BCUT2D eigenvalue weighted by Crippen LogP contribution is 2.51. The second-order valence-corrected chi connectivity index (χ2v) is 21.2. The molecule has 3 N–H and O–H groups in total. The monoisotopic (exact) mass is 934 g/mol. The van der Waals surface area contributed by atoms with Gasteiger partial charge in [0.2, 0.25) is 5.91 Å². The number of carbonyl (C=O) groups is 3. The molecule has 2 aliphatic carbocycles. The van der Waals surface area contributed by atoms with Gasteiger partial charge in [0.1, 0.15) is 11.9 Å². The Labute approximate surface area is 407 Å². The molecular formula is C57H71N7O5. The lowest BCUT2D eigenvalue weighted by atomic mass is 9.87. The minimum Gasteiger partial charge on any atom is -0.453 e. The first-order valence-corrected chi connectivity index (χ1v) is 25.2. The van der Waals surface area contributed by atoms with Crippen LogP contribution in [-0.4, -0.2) is 94.0 Å². The Morgan fingerprint density at radius 2 is 1.36 bits per heavy atom. The summed E-state index contributed by atoms with van der Waals surface area (Å²) in [7, 11) is 2.75. The number of fused-ring (bicyclic) bond motifs is 6. The molecule has 1 aromatic heterocycles. The summed E-state index contributed by atoms with van der Waals surface area (Å²) in [4.78, 5) is 57.4. The fourth-order valence-electron chi connectivity index (χ4n) is 12.8. The van der Waals surface area contributed by atoms with Crippen LogP contribution in [0.5, 0.6) is 0 Å². The van der Waals surface area contributed by atoms with E-state index in [1.54, 1.807) is 0 Å². The number of likely N-dealkylation sites (tertiary alicyclic amines) is 2. The summed E-state index contributed by atoms with van der Waals surface area (Å²) >= 11 is 0. The van der Waals surface area contributed by atoms with Crippen molar-refractivity contribution in [1.82, 2.24) is 30.4 Å². The van der Waals surface area contributed by atoms with Gasteiger partial charge >= 0.3 is 12.2 Å². The predicted molar refractivity (Wildman–Crippen MR) is 276 cm³/mol. The van der Waals surface area contributed by atoms with Gasteiger partial charge in [-0.1, -0.05) is 82.3 Å². The first-order chi connectivity index (χ1) is 33.1. The van der Waals surface area contributed by atoms with Gasteiger partial charge in [0.05, 0.1) is 37.3 Å². The molecule has 9 atom stereocenters. The number of imidazole rings is 1. The van der Waals surface area contributed by atoms with Crippen LogP contribution in [0.1, 0.15) is 116 Å². The van der Waals surface area contributed by atoms with Crippen LogP contribution < -0.4 is 10.6 Å². The maximum absolute atomic E-state index is 14.2. The van der Waals surface area contributed by atoms with Crippen LogP contribution in [0.25, 0.3) is 49.6 Å². The number of hydrogen-bond acceptors (Lipinski definition) is 8. The number of aromatic nitrogens is 2. The number of aromatic amines is 1. The van der Waals surface area contributed by atoms with Crippen LogP contribution in [0, 0.1) is 37.5 Å². The Morgan fingerprint density at radius 3 is 2.01 bits per heavy atom. The SMILES string of the molecule is COC(=O)N[C@@H](C(C)C)C(C)N1C2CCC(C2)[C@H]1C(C)=N/C=C(\C)c1ccc(-c2ccc(-c3ccc4nc([C@@H]5C6CCC(C6)N5C(=O)[C@@H](NC(=O)OC)C(C)C)[nH]c4c3)c3c(C)ccc(C)c23)cc1. The zero-order valence-corrected chi connectivity index (χ0v) is 42.4. The molecule has 12 heteroatoms. The predicted octanol–water partition coefficient (Wildman–Crippen LogP) is 11.5. The largest absolute Gasteiger partial charge is 0.453 e. The summed E-state index contributed by atoms with van der Waals surface area (Å²) in [6, 6.07) is 24.4. The summed E-state index contributed by atoms with van der Waals surface area (Å²) in [6.07, 6.45) is 7.57. The first-order valence-electron chi connectivity index (χ1n) is 25.2. The molecule has 4 bridgehead atoms. The van der Waals surface area contributed by atoms with Gasteiger partial charge in [-0.3, -0.25) is 14.7 Å². The molecule has 364 valence electrons. The van der Waals surface area contributed by atoms with Crippen LogP contribution >= 0.6 is 0 Å². The van der Waals surface area contributed by atoms with Gasteiger partial charge in [0.25, 0.3) is 0 Å². The Kier molecular flexibility index (Phi) is 13.5. The smallest absolute Gasteiger partial charge is 0.407 e. The lowest BCUT2D eigenvalue weighted by Gasteiger charge is -2.43. The second kappa shape index (κ2) is 19.4. The molecule has 0 spiro atoms. The van der Waals surface area contributed by atoms with Crippen molar-refractivity contribution in [2.75, 3.05) is 14.2 Å². The van der Waals surface area contributed by atoms with Crippen LogP contribution in [0.3, 0.4) is 0 Å². The Morgan fingerprint density at radius 1 is 0.754 bits per heavy atom. The molecule has 4 fully saturated rings. The number of allylic oxidation sites excluding steroid dienone is 1. The number of H-pyrrole nitrogens is 1. The van der Waals surface area contributed by atoms with Crippen LogP contribution in [0.4, 0.5) is 9.59 Å². The molecule has 4 aromatic carbocycles. The van der Waals surface area contributed by atoms with Gasteiger partial charge in [-0.2, -0.15) is 0 Å². The molecule has 5 unspecified atom stereocenters. The molecule has 3 heterocycles. The molecule has 5 aromatic rings. The van der Waals surface area contributed by atoms with E-state index in [0.717, 1.165) is 69.7 Å². The highest BCUT2D eigenvalue weighted by atomic mass is 16.5. The number of benzene rings is 4. The number of piperidine rings is 2. The van der Waals surface area contributed by atoms with Crippen molar-refractivity contribution in [3.8, 4) is 22.3 Å². The minimum absolute atomic E-state index is 0.0302. The number of carbonyl (C=O) groups excluding carboxylic acids is 3. The number of amides is 3. The number of nitrogens with one attached hydrogen (secondary N) is 3. The number of aryl methyl sites for hydroxylation is 2. The molecule has 3 amide bonds. The summed E-state index contributed by atoms with van der Waals surface area (Å²) in [5, 5.41) is 8.39. The van der Waals surface area contributed by atoms with Crippen molar-refractivity contribution < 1.29 is 23.9 Å². The third-order valence-electron chi connectivity index (χ3n) is 16.3. The van der Waals surface area contributed by atoms with Crippen molar-refractivity contribution in [2.24, 2.45) is 28.7 Å². The average Bonchev–Trinajstić information content (AvgIpc) is 4.22. The highest BCUT2D eigenvalue weighted by Gasteiger charge is 2.52. The van der Waals surface area contributed by atoms with Crippen molar-refractivity contribution in [1.29, 1.82) is 0 Å². The van der Waals surface area contributed by atoms with Crippen LogP contribution in [0.2, 0.25) is 0 Å². The van der Waals surface area contributed by atoms with Crippen molar-refractivity contribution in [3.05, 3.63) is 95.4 Å². The van der Waals surface area contributed by atoms with Gasteiger partial charge in [0, 0.05) is 36.1 Å². The van der Waals surface area contributed by atoms with E-state index >= 15 is 0 Å². The van der Waals surface area contributed by atoms with Gasteiger partial charge in [0.15, 0.2) is 0 Å². The number of methoxy groups -OCH3 is 2. The van der Waals surface area contributed by atoms with E-state index in [2.05, 4.69) is 136 Å². The molecular weight excluding hydrogens is 863 g/mol. The standard InChI is InChI=1S/C57H71N7O5/c1-30(2)50(61-56(66)68-10)36(9)63-42-21-18-40(26-42)52(63)35(8)58-29-34(7)37-14-16-38(17-15-37)44-23-24-45(49-33(6)13-12-32(5)48(44)49)39-20-25-46-47(28-39)60-54(59-46)53-41-19-22-43(27-41)64(53)55(65)51(31(3)4)62-57(67)69-11/h12-17,20,23-25,28-31,36,40-43,50-53H,18-19,21-22,26-27H2,1-11H3,(H,59,60)(H,61,66)(H,62,67)/b34-29+,58-35?/t36?,40?,41?,42?,43?,50-,51-,52+,53-/m0/s1. The third-order valence-corrected chi connectivity index (χ3v) is 16.3. The summed E-state index contributed by atoms with van der Waals surface area (Å²) < 4.78 is 9.89. The molecule has 69 heavy (non-hydrogen) atoms. The fourth-order valence-corrected chi connectivity index (χ4v) is 12.8. The minimum atomic E-state index is -0.686. The molecule has 2 saturated heterocycles. The fraction of sp³-hybridized carbons (Fsp3) is 0.491. The highest BCUT2D eigenvalue weighted by molar-refractivity contribution is 6.08. The normalized spacial score (nSPS) is 23.9. The van der Waals surface area contributed by atoms with Gasteiger partial charge in [-0.25, -0.2) is 14.6 Å². The lowest BCUT2D eigenvalue weighted by molar-refractivity contribution is -0.139. The molecule has 0 radical (unpaired) electrons. The number of hydrogen-bond donors (Lipinski definition) is 3. The quantitative estimate of drug-likeness (QED) is 0.0998. The van der Waals surface area contributed by atoms with Crippen LogP contribution in [-0.2, 0) is 14.3 Å². The average molecular weight is 934 g/mol. The topological polar surface area (TPSA) is 141 Å². The van der Waals surface area contributed by atoms with E-state index in [4.69, 9.17) is 19.5 Å². The van der Waals surface area contributed by atoms with E-state index in [-0.39, 0.29) is 54.0 Å². The van der Waals surface area contributed by atoms with Gasteiger partial charge < -0.3 is 30.0 Å². The number of rotatable bonds is 13. The van der Waals surface area contributed by atoms with E-state index < -0.39 is 12.1 Å². The molecule has 9 rings (SSSR count). The summed E-state index contributed by atoms with van der Waals surface area (Å²) in [6.45, 7) is 19.2. The number of aliphatic imine (C=N–C) groups is 1. The van der Waals surface area contributed by atoms with Crippen molar-refractivity contribution in [2.45, 2.75) is 143 Å². The maximum Gasteiger partial charge on any atom is 0.407 e. The van der Waals surface area contributed by atoms with E-state index in [9.17, 15) is 14.4 Å². The molecule has 2 saturated carbocycles. The van der Waals surface area contributed by atoms with E-state index in [1.807, 2.05) is 24.9 Å². The third kappa shape index (κ3) is 8.94. The van der Waals surface area contributed by atoms with E-state index in [0.29, 0.717) is 17.9 Å². The maximum atomic E-state index is 14.2. The van der Waals surface area contributed by atoms with Crippen molar-refractivity contribution in [3.63, 3.8) is 0 Å².